The van der Waals surface area contributed by atoms with Crippen molar-refractivity contribution in [2.45, 2.75) is 13.8 Å². The van der Waals surface area contributed by atoms with Gasteiger partial charge in [-0.1, -0.05) is 12.1 Å². The van der Waals surface area contributed by atoms with Gasteiger partial charge in [-0.15, -0.1) is 0 Å². The fourth-order valence-electron chi connectivity index (χ4n) is 1.57. The fraction of sp³-hybridized carbons (Fsp3) is 0.182. The van der Waals surface area contributed by atoms with Crippen LogP contribution >= 0.6 is 0 Å². The molecule has 0 radical (unpaired) electrons. The summed E-state index contributed by atoms with van der Waals surface area (Å²) in [7, 11) is 0. The summed E-state index contributed by atoms with van der Waals surface area (Å²) >= 11 is 0. The molecule has 1 aromatic carbocycles. The molecule has 2 rings (SSSR count). The average molecular weight is 173 g/mol. The van der Waals surface area contributed by atoms with Crippen molar-refractivity contribution in [1.82, 2.24) is 0 Å². The number of fused-ring (bicyclic) bond motifs is 1. The molecule has 1 heterocycles. The van der Waals surface area contributed by atoms with Gasteiger partial charge >= 0.3 is 0 Å². The van der Waals surface area contributed by atoms with Crippen molar-refractivity contribution in [2.75, 3.05) is 0 Å². The fourth-order valence-corrected chi connectivity index (χ4v) is 1.57. The van der Waals surface area contributed by atoms with Gasteiger partial charge in [-0.2, -0.15) is 4.73 Å². The van der Waals surface area contributed by atoms with Crippen LogP contribution in [0.15, 0.2) is 30.6 Å². The minimum absolute atomic E-state index is 0.842. The van der Waals surface area contributed by atoms with Gasteiger partial charge < -0.3 is 5.21 Å². The van der Waals surface area contributed by atoms with Gasteiger partial charge in [-0.05, 0) is 30.4 Å². The monoisotopic (exact) mass is 173 g/mol. The van der Waals surface area contributed by atoms with Crippen LogP contribution in [-0.4, -0.2) is 0 Å². The van der Waals surface area contributed by atoms with E-state index in [9.17, 15) is 5.21 Å². The molecule has 2 nitrogen and oxygen atoms in total. The van der Waals surface area contributed by atoms with Crippen LogP contribution in [0.3, 0.4) is 0 Å². The summed E-state index contributed by atoms with van der Waals surface area (Å²) in [6.45, 7) is 4.07. The first-order valence-electron chi connectivity index (χ1n) is 4.27. The number of pyridine rings is 1. The van der Waals surface area contributed by atoms with E-state index in [1.807, 2.05) is 19.1 Å². The van der Waals surface area contributed by atoms with E-state index in [1.165, 1.54) is 11.8 Å². The zero-order valence-corrected chi connectivity index (χ0v) is 7.74. The highest BCUT2D eigenvalue weighted by Gasteiger charge is 2.02. The van der Waals surface area contributed by atoms with Crippen LogP contribution in [0.1, 0.15) is 11.1 Å². The lowest BCUT2D eigenvalue weighted by molar-refractivity contribution is -0.603. The molecule has 13 heavy (non-hydrogen) atoms. The second-order valence-corrected chi connectivity index (χ2v) is 3.33. The van der Waals surface area contributed by atoms with E-state index in [-0.39, 0.29) is 0 Å². The first kappa shape index (κ1) is 8.05. The third-order valence-electron chi connectivity index (χ3n) is 2.37. The van der Waals surface area contributed by atoms with Crippen molar-refractivity contribution < 1.29 is 4.73 Å². The average Bonchev–Trinajstić information content (AvgIpc) is 2.12. The van der Waals surface area contributed by atoms with Crippen LogP contribution < -0.4 is 4.73 Å². The van der Waals surface area contributed by atoms with Crippen molar-refractivity contribution >= 4 is 10.8 Å². The van der Waals surface area contributed by atoms with Crippen LogP contribution in [0.5, 0.6) is 0 Å². The highest BCUT2D eigenvalue weighted by Crippen LogP contribution is 2.19. The molecule has 66 valence electrons. The summed E-state index contributed by atoms with van der Waals surface area (Å²) < 4.78 is 0.842. The van der Waals surface area contributed by atoms with E-state index in [0.29, 0.717) is 0 Å². The lowest BCUT2D eigenvalue weighted by atomic mass is 10.0. The van der Waals surface area contributed by atoms with Crippen LogP contribution in [0.4, 0.5) is 0 Å². The Morgan fingerprint density at radius 1 is 1.00 bits per heavy atom. The molecule has 0 saturated heterocycles. The molecule has 0 spiro atoms. The van der Waals surface area contributed by atoms with Crippen molar-refractivity contribution in [3.63, 3.8) is 0 Å². The number of hydrogen-bond acceptors (Lipinski definition) is 1. The normalized spacial score (nSPS) is 10.6. The maximum Gasteiger partial charge on any atom is 0.188 e. The van der Waals surface area contributed by atoms with Gasteiger partial charge in [-0.25, -0.2) is 0 Å². The quantitative estimate of drug-likeness (QED) is 0.442. The third kappa shape index (κ3) is 1.24. The molecule has 0 amide bonds. The number of aryl methyl sites for hydroxylation is 2. The molecule has 2 heteroatoms. The molecule has 0 fully saturated rings. The number of nitrogens with zero attached hydrogens (tertiary/aromatic N) is 1. The number of hydrogen-bond donors (Lipinski definition) is 0. The van der Waals surface area contributed by atoms with Crippen LogP contribution in [0.25, 0.3) is 10.8 Å². The van der Waals surface area contributed by atoms with E-state index in [1.54, 1.807) is 6.20 Å². The molecule has 2 aromatic rings. The standard InChI is InChI=1S/C11H11NO/c1-8-3-4-9(2)11-7-12(13)6-5-10(8)11/h3-7H,1-2H3. The minimum Gasteiger partial charge on any atom is -0.619 e. The smallest absolute Gasteiger partial charge is 0.188 e. The van der Waals surface area contributed by atoms with Gasteiger partial charge in [0.2, 0.25) is 0 Å². The first-order chi connectivity index (χ1) is 6.18. The maximum atomic E-state index is 11.1. The van der Waals surface area contributed by atoms with E-state index < -0.39 is 0 Å². The van der Waals surface area contributed by atoms with E-state index in [2.05, 4.69) is 13.0 Å². The molecule has 0 unspecified atom stereocenters. The molecule has 0 atom stereocenters. The molecule has 0 aliphatic carbocycles. The largest absolute Gasteiger partial charge is 0.619 e. The maximum absolute atomic E-state index is 11.1. The molecule has 0 saturated carbocycles. The minimum atomic E-state index is 0.842. The Balaban J connectivity index is 2.92. The lowest BCUT2D eigenvalue weighted by Crippen LogP contribution is -2.23. The third-order valence-corrected chi connectivity index (χ3v) is 2.37. The highest BCUT2D eigenvalue weighted by molar-refractivity contribution is 5.86. The van der Waals surface area contributed by atoms with Crippen molar-refractivity contribution in [2.24, 2.45) is 0 Å². The van der Waals surface area contributed by atoms with Gasteiger partial charge in [-0.3, -0.25) is 0 Å². The molecule has 0 N–H and O–H groups in total. The second-order valence-electron chi connectivity index (χ2n) is 3.33. The molecule has 1 aromatic heterocycles. The van der Waals surface area contributed by atoms with Crippen molar-refractivity contribution in [3.8, 4) is 0 Å². The Kier molecular flexibility index (Phi) is 1.69. The Labute approximate surface area is 77.0 Å². The van der Waals surface area contributed by atoms with Crippen LogP contribution in [-0.2, 0) is 0 Å². The molecular weight excluding hydrogens is 162 g/mol. The van der Waals surface area contributed by atoms with Gasteiger partial charge in [0.25, 0.3) is 0 Å². The summed E-state index contributed by atoms with van der Waals surface area (Å²) in [5, 5.41) is 13.3. The van der Waals surface area contributed by atoms with Crippen molar-refractivity contribution in [1.29, 1.82) is 0 Å². The lowest BCUT2D eigenvalue weighted by Gasteiger charge is -2.04. The topological polar surface area (TPSA) is 26.9 Å². The SMILES string of the molecule is Cc1ccc(C)c2c[n+]([O-])ccc12. The van der Waals surface area contributed by atoms with Gasteiger partial charge in [0.15, 0.2) is 12.4 Å². The summed E-state index contributed by atoms with van der Waals surface area (Å²) in [5.74, 6) is 0. The van der Waals surface area contributed by atoms with Crippen molar-refractivity contribution in [3.05, 3.63) is 46.9 Å². The van der Waals surface area contributed by atoms with Crippen LogP contribution in [0, 0.1) is 19.1 Å². The van der Waals surface area contributed by atoms with Crippen LogP contribution in [0.2, 0.25) is 0 Å². The summed E-state index contributed by atoms with van der Waals surface area (Å²) in [4.78, 5) is 0. The summed E-state index contributed by atoms with van der Waals surface area (Å²) in [5.41, 5.74) is 2.35. The van der Waals surface area contributed by atoms with E-state index in [4.69, 9.17) is 0 Å². The second kappa shape index (κ2) is 2.73. The Bertz CT molecular complexity index is 463. The molecule has 0 aliphatic rings. The predicted octanol–water partition coefficient (Wildman–Crippen LogP) is 2.09. The number of benzene rings is 1. The zero-order valence-electron chi connectivity index (χ0n) is 7.74. The predicted molar refractivity (Wildman–Crippen MR) is 52.4 cm³/mol. The highest BCUT2D eigenvalue weighted by atomic mass is 16.5. The molecule has 0 aliphatic heterocycles. The Morgan fingerprint density at radius 2 is 1.62 bits per heavy atom. The molecule has 0 bridgehead atoms. The number of aromatic nitrogens is 1. The van der Waals surface area contributed by atoms with Gasteiger partial charge in [0.1, 0.15) is 0 Å². The van der Waals surface area contributed by atoms with Gasteiger partial charge in [0, 0.05) is 6.07 Å². The van der Waals surface area contributed by atoms with Gasteiger partial charge in [0.05, 0.1) is 5.39 Å². The van der Waals surface area contributed by atoms with E-state index in [0.717, 1.165) is 21.1 Å². The first-order valence-corrected chi connectivity index (χ1v) is 4.27. The molecular formula is C11H11NO. The number of rotatable bonds is 0. The summed E-state index contributed by atoms with van der Waals surface area (Å²) in [6.07, 6.45) is 3.16. The zero-order chi connectivity index (χ0) is 9.42. The van der Waals surface area contributed by atoms with E-state index >= 15 is 0 Å². The Morgan fingerprint density at radius 3 is 2.31 bits per heavy atom. The summed E-state index contributed by atoms with van der Waals surface area (Å²) in [6, 6.07) is 5.98. The Hall–Kier alpha value is -1.57.